The maximum atomic E-state index is 12.0. The molecule has 0 spiro atoms. The van der Waals surface area contributed by atoms with Crippen molar-refractivity contribution in [3.8, 4) is 0 Å². The van der Waals surface area contributed by atoms with Crippen LogP contribution in [-0.2, 0) is 0 Å². The third-order valence-electron chi connectivity index (χ3n) is 5.05. The average molecular weight is 337 g/mol. The van der Waals surface area contributed by atoms with Gasteiger partial charge < -0.3 is 5.32 Å². The first-order valence-electron chi connectivity index (χ1n) is 8.92. The number of thiazole rings is 1. The molecule has 5 nitrogen and oxygen atoms in total. The Hall–Kier alpha value is -1.14. The lowest BCUT2D eigenvalue weighted by Gasteiger charge is -2.31. The van der Waals surface area contributed by atoms with Crippen LogP contribution < -0.4 is 10.6 Å². The molecule has 1 aliphatic carbocycles. The Kier molecular flexibility index (Phi) is 5.89. The Labute approximate surface area is 142 Å². The molecular weight excluding hydrogens is 308 g/mol. The Balaban J connectivity index is 1.42. The number of urea groups is 1. The summed E-state index contributed by atoms with van der Waals surface area (Å²) in [5.74, 6) is 0.872. The maximum Gasteiger partial charge on any atom is 0.321 e. The smallest absolute Gasteiger partial charge is 0.321 e. The molecule has 2 amide bonds. The lowest BCUT2D eigenvalue weighted by atomic mass is 9.89. The van der Waals surface area contributed by atoms with Crippen molar-refractivity contribution in [1.82, 2.24) is 15.2 Å². The Morgan fingerprint density at radius 1 is 1.30 bits per heavy atom. The third-order valence-corrected chi connectivity index (χ3v) is 5.93. The van der Waals surface area contributed by atoms with Crippen molar-refractivity contribution in [3.63, 3.8) is 0 Å². The number of likely N-dealkylation sites (tertiary alicyclic amines) is 1. The van der Waals surface area contributed by atoms with E-state index >= 15 is 0 Å². The van der Waals surface area contributed by atoms with Gasteiger partial charge in [0, 0.05) is 24.5 Å². The highest BCUT2D eigenvalue weighted by molar-refractivity contribution is 7.13. The molecule has 1 atom stereocenters. The lowest BCUT2D eigenvalue weighted by Crippen LogP contribution is -2.43. The molecule has 2 aliphatic rings. The number of carbonyl (C=O) groups is 1. The van der Waals surface area contributed by atoms with Gasteiger partial charge in [0.1, 0.15) is 0 Å². The molecule has 2 fully saturated rings. The molecule has 0 radical (unpaired) electrons. The fourth-order valence-corrected chi connectivity index (χ4v) is 4.51. The van der Waals surface area contributed by atoms with Crippen LogP contribution in [0, 0.1) is 12.8 Å². The van der Waals surface area contributed by atoms with Gasteiger partial charge in [0.2, 0.25) is 0 Å². The van der Waals surface area contributed by atoms with E-state index in [1.807, 2.05) is 12.3 Å². The minimum atomic E-state index is -0.135. The van der Waals surface area contributed by atoms with Gasteiger partial charge in [-0.1, -0.05) is 19.3 Å². The van der Waals surface area contributed by atoms with Crippen LogP contribution in [0.25, 0.3) is 0 Å². The minimum Gasteiger partial charge on any atom is -0.336 e. The maximum absolute atomic E-state index is 12.0. The highest BCUT2D eigenvalue weighted by atomic mass is 32.1. The van der Waals surface area contributed by atoms with Crippen molar-refractivity contribution in [2.75, 3.05) is 25.0 Å². The molecule has 0 bridgehead atoms. The van der Waals surface area contributed by atoms with Crippen molar-refractivity contribution >= 4 is 22.5 Å². The summed E-state index contributed by atoms with van der Waals surface area (Å²) in [6.45, 7) is 5.08. The summed E-state index contributed by atoms with van der Waals surface area (Å²) < 4.78 is 0. The van der Waals surface area contributed by atoms with Crippen molar-refractivity contribution in [3.05, 3.63) is 11.1 Å². The largest absolute Gasteiger partial charge is 0.336 e. The first kappa shape index (κ1) is 16.7. The summed E-state index contributed by atoms with van der Waals surface area (Å²) in [7, 11) is 0. The highest BCUT2D eigenvalue weighted by Gasteiger charge is 2.27. The second kappa shape index (κ2) is 8.11. The van der Waals surface area contributed by atoms with Gasteiger partial charge in [-0.15, -0.1) is 11.3 Å². The summed E-state index contributed by atoms with van der Waals surface area (Å²) in [6, 6.07) is 0.365. The number of amides is 2. The number of nitrogens with zero attached hydrogens (tertiary/aromatic N) is 2. The van der Waals surface area contributed by atoms with Gasteiger partial charge in [-0.25, -0.2) is 9.78 Å². The van der Waals surface area contributed by atoms with E-state index in [1.165, 1.54) is 69.4 Å². The predicted octanol–water partition coefficient (Wildman–Crippen LogP) is 3.62. The fourth-order valence-electron chi connectivity index (χ4n) is 3.83. The molecule has 23 heavy (non-hydrogen) atoms. The zero-order valence-electron chi connectivity index (χ0n) is 14.0. The van der Waals surface area contributed by atoms with Gasteiger partial charge in [0.15, 0.2) is 5.13 Å². The van der Waals surface area contributed by atoms with Crippen LogP contribution >= 0.6 is 11.3 Å². The number of nitrogens with one attached hydrogen (secondary N) is 2. The first-order valence-corrected chi connectivity index (χ1v) is 9.79. The molecule has 2 heterocycles. The van der Waals surface area contributed by atoms with E-state index in [0.717, 1.165) is 18.2 Å². The number of aromatic nitrogens is 1. The van der Waals surface area contributed by atoms with Crippen LogP contribution in [0.3, 0.4) is 0 Å². The van der Waals surface area contributed by atoms with Crippen LogP contribution in [0.1, 0.15) is 50.6 Å². The molecule has 1 aliphatic heterocycles. The zero-order valence-corrected chi connectivity index (χ0v) is 14.8. The fraction of sp³-hybridized carbons (Fsp3) is 0.765. The van der Waals surface area contributed by atoms with E-state index in [-0.39, 0.29) is 6.03 Å². The standard InChI is InChI=1S/C17H28N4OS/c1-13-12-23-17(19-13)20-16(22)18-10-15-8-5-9-21(15)11-14-6-3-2-4-7-14/h12,14-15H,2-11H2,1H3,(H2,18,19,20,22). The molecule has 1 aromatic rings. The summed E-state index contributed by atoms with van der Waals surface area (Å²) in [4.78, 5) is 18.9. The van der Waals surface area contributed by atoms with Crippen molar-refractivity contribution < 1.29 is 4.79 Å². The lowest BCUT2D eigenvalue weighted by molar-refractivity contribution is 0.185. The summed E-state index contributed by atoms with van der Waals surface area (Å²) >= 11 is 1.47. The number of carbonyl (C=O) groups excluding carboxylic acids is 1. The second-order valence-corrected chi connectivity index (χ2v) is 7.78. The number of aryl methyl sites for hydroxylation is 1. The van der Waals surface area contributed by atoms with Crippen LogP contribution in [-0.4, -0.2) is 41.6 Å². The van der Waals surface area contributed by atoms with Gasteiger partial charge >= 0.3 is 6.03 Å². The second-order valence-electron chi connectivity index (χ2n) is 6.92. The molecule has 128 valence electrons. The molecule has 6 heteroatoms. The van der Waals surface area contributed by atoms with Gasteiger partial charge in [0.05, 0.1) is 5.69 Å². The van der Waals surface area contributed by atoms with Crippen molar-refractivity contribution in [2.24, 2.45) is 5.92 Å². The van der Waals surface area contributed by atoms with E-state index in [1.54, 1.807) is 0 Å². The van der Waals surface area contributed by atoms with E-state index in [9.17, 15) is 4.79 Å². The Morgan fingerprint density at radius 2 is 2.13 bits per heavy atom. The van der Waals surface area contributed by atoms with Crippen LogP contribution in [0.2, 0.25) is 0 Å². The zero-order chi connectivity index (χ0) is 16.1. The van der Waals surface area contributed by atoms with Gasteiger partial charge in [0.25, 0.3) is 0 Å². The first-order chi connectivity index (χ1) is 11.2. The van der Waals surface area contributed by atoms with Crippen LogP contribution in [0.5, 0.6) is 0 Å². The van der Waals surface area contributed by atoms with Crippen LogP contribution in [0.15, 0.2) is 5.38 Å². The predicted molar refractivity (Wildman–Crippen MR) is 95.0 cm³/mol. The van der Waals surface area contributed by atoms with Crippen LogP contribution in [0.4, 0.5) is 9.93 Å². The van der Waals surface area contributed by atoms with Gasteiger partial charge in [-0.05, 0) is 45.1 Å². The Morgan fingerprint density at radius 3 is 2.87 bits per heavy atom. The molecule has 2 N–H and O–H groups in total. The van der Waals surface area contributed by atoms with Crippen molar-refractivity contribution in [1.29, 1.82) is 0 Å². The Bertz CT molecular complexity index is 512. The SMILES string of the molecule is Cc1csc(NC(=O)NCC2CCCN2CC2CCCCC2)n1. The van der Waals surface area contributed by atoms with E-state index in [0.29, 0.717) is 11.2 Å². The molecule has 3 rings (SSSR count). The number of hydrogen-bond acceptors (Lipinski definition) is 4. The summed E-state index contributed by atoms with van der Waals surface area (Å²) in [5.41, 5.74) is 0.944. The molecule has 1 saturated heterocycles. The minimum absolute atomic E-state index is 0.135. The van der Waals surface area contributed by atoms with Gasteiger partial charge in [-0.3, -0.25) is 10.2 Å². The highest BCUT2D eigenvalue weighted by Crippen LogP contribution is 2.27. The monoisotopic (exact) mass is 336 g/mol. The average Bonchev–Trinajstić information content (AvgIpc) is 3.15. The summed E-state index contributed by atoms with van der Waals surface area (Å²) in [6.07, 6.45) is 9.45. The van der Waals surface area contributed by atoms with E-state index in [2.05, 4.69) is 20.5 Å². The number of anilines is 1. The van der Waals surface area contributed by atoms with Gasteiger partial charge in [-0.2, -0.15) is 0 Å². The molecule has 1 saturated carbocycles. The van der Waals surface area contributed by atoms with E-state index < -0.39 is 0 Å². The number of hydrogen-bond donors (Lipinski definition) is 2. The molecule has 1 unspecified atom stereocenters. The third kappa shape index (κ3) is 4.91. The number of rotatable bonds is 5. The topological polar surface area (TPSA) is 57.3 Å². The van der Waals surface area contributed by atoms with E-state index in [4.69, 9.17) is 0 Å². The molecule has 1 aromatic heterocycles. The molecule has 0 aromatic carbocycles. The van der Waals surface area contributed by atoms with Crippen molar-refractivity contribution in [2.45, 2.75) is 57.9 Å². The normalized spacial score (nSPS) is 23.1. The quantitative estimate of drug-likeness (QED) is 0.863. The summed E-state index contributed by atoms with van der Waals surface area (Å²) in [5, 5.41) is 8.46. The molecular formula is C17H28N4OS.